The monoisotopic (exact) mass is 374 g/mol. The third-order valence-electron chi connectivity index (χ3n) is 3.99. The summed E-state index contributed by atoms with van der Waals surface area (Å²) in [5.41, 5.74) is 0. The molecule has 0 spiro atoms. The highest BCUT2D eigenvalue weighted by Crippen LogP contribution is 2.13. The van der Waals surface area contributed by atoms with Gasteiger partial charge >= 0.3 is 5.97 Å². The van der Waals surface area contributed by atoms with E-state index in [1.807, 2.05) is 0 Å². The summed E-state index contributed by atoms with van der Waals surface area (Å²) in [6, 6.07) is 0. The molecule has 0 aliphatic rings. The van der Waals surface area contributed by atoms with Crippen molar-refractivity contribution in [2.24, 2.45) is 0 Å². The Hall–Kier alpha value is 1.07. The molecule has 0 bridgehead atoms. The van der Waals surface area contributed by atoms with Gasteiger partial charge in [0, 0.05) is 6.42 Å². The van der Waals surface area contributed by atoms with Crippen molar-refractivity contribution in [3.05, 3.63) is 0 Å². The van der Waals surface area contributed by atoms with E-state index < -0.39 is 5.97 Å². The molecule has 0 aromatic rings. The number of unbranched alkanes of at least 4 members (excludes halogenated alkanes) is 14. The molecule has 0 aromatic carbocycles. The first-order chi connectivity index (χ1) is 9.77. The van der Waals surface area contributed by atoms with Crippen molar-refractivity contribution < 1.29 is 9.90 Å². The van der Waals surface area contributed by atoms with E-state index in [1.54, 1.807) is 0 Å². The van der Waals surface area contributed by atoms with Gasteiger partial charge in [0.15, 0.2) is 52.1 Å². The molecule has 0 unspecified atom stereocenters. The fraction of sp³-hybridized carbons (Fsp3) is 0.944. The summed E-state index contributed by atoms with van der Waals surface area (Å²) < 4.78 is 0. The van der Waals surface area contributed by atoms with E-state index in [-0.39, 0.29) is 52.1 Å². The van der Waals surface area contributed by atoms with Crippen LogP contribution in [0.15, 0.2) is 0 Å². The lowest BCUT2D eigenvalue weighted by Gasteiger charge is -2.03. The summed E-state index contributed by atoms with van der Waals surface area (Å²) in [5, 5.41) is 8.52. The van der Waals surface area contributed by atoms with Crippen molar-refractivity contribution in [1.29, 1.82) is 0 Å². The average molecular weight is 375 g/mol. The molecule has 1 N–H and O–H groups in total. The number of aliphatic carboxylic acids is 1. The Labute approximate surface area is 177 Å². The van der Waals surface area contributed by atoms with Crippen LogP contribution in [0.3, 0.4) is 0 Å². The highest BCUT2D eigenvalue weighted by atomic mass is 27.0. The summed E-state index contributed by atoms with van der Waals surface area (Å²) in [6.07, 6.45) is 20.2. The van der Waals surface area contributed by atoms with Crippen LogP contribution in [-0.4, -0.2) is 63.2 Å². The van der Waals surface area contributed by atoms with Crippen LogP contribution < -0.4 is 0 Å². The van der Waals surface area contributed by atoms with Crippen LogP contribution in [0.5, 0.6) is 0 Å². The minimum atomic E-state index is -0.653. The Balaban J connectivity index is -0.000000602. The van der Waals surface area contributed by atoms with Crippen LogP contribution in [0.25, 0.3) is 0 Å². The van der Waals surface area contributed by atoms with E-state index in [2.05, 4.69) is 6.92 Å². The van der Waals surface area contributed by atoms with Crippen LogP contribution in [0, 0.1) is 0 Å². The Morgan fingerprint density at radius 3 is 1.09 bits per heavy atom. The molecule has 0 saturated heterocycles. The molecule has 0 rings (SSSR count). The lowest BCUT2D eigenvalue weighted by molar-refractivity contribution is -0.137. The van der Waals surface area contributed by atoms with Crippen LogP contribution >= 0.6 is 0 Å². The van der Waals surface area contributed by atoms with Gasteiger partial charge in [-0.05, 0) is 6.42 Å². The van der Waals surface area contributed by atoms with Crippen LogP contribution in [0.1, 0.15) is 110 Å². The molecule has 0 radical (unpaired) electrons. The molecule has 5 heteroatoms. The molecule has 0 aromatic heterocycles. The molecule has 0 aliphatic heterocycles. The van der Waals surface area contributed by atoms with E-state index in [1.165, 1.54) is 83.5 Å². The van der Waals surface area contributed by atoms with Crippen molar-refractivity contribution >= 4 is 58.1 Å². The predicted molar refractivity (Wildman–Crippen MR) is 117 cm³/mol. The molecule has 0 heterocycles. The minimum absolute atomic E-state index is 0. The van der Waals surface area contributed by atoms with Gasteiger partial charge in [0.2, 0.25) is 0 Å². The summed E-state index contributed by atoms with van der Waals surface area (Å²) in [5.74, 6) is -0.653. The second kappa shape index (κ2) is 27.9. The normalized spacial score (nSPS) is 9.43. The van der Waals surface area contributed by atoms with Crippen molar-refractivity contribution in [1.82, 2.24) is 0 Å². The molecule has 23 heavy (non-hydrogen) atoms. The first-order valence-corrected chi connectivity index (χ1v) is 8.99. The first kappa shape index (κ1) is 31.8. The fourth-order valence-electron chi connectivity index (χ4n) is 2.65. The minimum Gasteiger partial charge on any atom is -0.481 e. The van der Waals surface area contributed by atoms with Gasteiger partial charge in [-0.1, -0.05) is 96.8 Å². The lowest BCUT2D eigenvalue weighted by Crippen LogP contribution is -1.93. The Morgan fingerprint density at radius 1 is 0.565 bits per heavy atom. The van der Waals surface area contributed by atoms with E-state index >= 15 is 0 Å². The molecule has 2 nitrogen and oxygen atoms in total. The highest BCUT2D eigenvalue weighted by molar-refractivity contribution is 5.76. The van der Waals surface area contributed by atoms with Gasteiger partial charge < -0.3 is 5.11 Å². The third-order valence-corrected chi connectivity index (χ3v) is 3.99. The number of carboxylic acids is 1. The lowest BCUT2D eigenvalue weighted by atomic mass is 10.0. The molecular weight excluding hydrogens is 329 g/mol. The molecule has 0 fully saturated rings. The smallest absolute Gasteiger partial charge is 0.303 e. The van der Waals surface area contributed by atoms with Gasteiger partial charge in [0.05, 0.1) is 0 Å². The van der Waals surface area contributed by atoms with Crippen LogP contribution in [-0.2, 0) is 4.79 Å². The Bertz CT molecular complexity index is 214. The van der Waals surface area contributed by atoms with E-state index in [4.69, 9.17) is 5.11 Å². The number of carboxylic acid groups (broad SMARTS) is 1. The highest BCUT2D eigenvalue weighted by Gasteiger charge is 1.97. The van der Waals surface area contributed by atoms with Gasteiger partial charge in [-0.15, -0.1) is 0 Å². The maximum absolute atomic E-state index is 10.3. The summed E-state index contributed by atoms with van der Waals surface area (Å²) >= 11 is 0. The van der Waals surface area contributed by atoms with Crippen LogP contribution in [0.2, 0.25) is 0 Å². The second-order valence-electron chi connectivity index (χ2n) is 6.09. The van der Waals surface area contributed by atoms with Crippen molar-refractivity contribution in [2.45, 2.75) is 110 Å². The average Bonchev–Trinajstić information content (AvgIpc) is 2.43. The first-order valence-electron chi connectivity index (χ1n) is 8.99. The van der Waals surface area contributed by atoms with E-state index in [0.717, 1.165) is 12.8 Å². The maximum atomic E-state index is 10.3. The predicted octanol–water partition coefficient (Wildman–Crippen LogP) is 2.78. The zero-order chi connectivity index (χ0) is 14.9. The van der Waals surface area contributed by atoms with Gasteiger partial charge in [0.1, 0.15) is 0 Å². The number of rotatable bonds is 16. The zero-order valence-corrected chi connectivity index (χ0v) is 13.7. The SMILES string of the molecule is CCCCCCCCCCCCCCCCCC(=O)O.[AlH3].[AlH3].[AlH3]. The Kier molecular flexibility index (Phi) is 38.6. The Morgan fingerprint density at radius 2 is 0.826 bits per heavy atom. The quantitative estimate of drug-likeness (QED) is 0.333. The summed E-state index contributed by atoms with van der Waals surface area (Å²) in [6.45, 7) is 2.27. The van der Waals surface area contributed by atoms with E-state index in [0.29, 0.717) is 6.42 Å². The molecule has 0 atom stereocenters. The molecule has 0 aliphatic carbocycles. The van der Waals surface area contributed by atoms with Gasteiger partial charge in [-0.25, -0.2) is 0 Å². The fourth-order valence-corrected chi connectivity index (χ4v) is 2.65. The van der Waals surface area contributed by atoms with Gasteiger partial charge in [0.25, 0.3) is 0 Å². The zero-order valence-electron chi connectivity index (χ0n) is 13.7. The van der Waals surface area contributed by atoms with Crippen LogP contribution in [0.4, 0.5) is 0 Å². The largest absolute Gasteiger partial charge is 0.481 e. The number of hydrogen-bond donors (Lipinski definition) is 1. The second-order valence-corrected chi connectivity index (χ2v) is 6.09. The van der Waals surface area contributed by atoms with Crippen molar-refractivity contribution in [3.8, 4) is 0 Å². The summed E-state index contributed by atoms with van der Waals surface area (Å²) in [4.78, 5) is 10.3. The third kappa shape index (κ3) is 31.4. The number of carbonyl (C=O) groups is 1. The molecule has 138 valence electrons. The topological polar surface area (TPSA) is 37.3 Å². The molecule has 0 amide bonds. The van der Waals surface area contributed by atoms with Gasteiger partial charge in [-0.3, -0.25) is 4.79 Å². The van der Waals surface area contributed by atoms with Crippen molar-refractivity contribution in [2.75, 3.05) is 0 Å². The molecular formula is C18H45Al3O2. The number of hydrogen-bond acceptors (Lipinski definition) is 1. The van der Waals surface area contributed by atoms with E-state index in [9.17, 15) is 4.79 Å². The summed E-state index contributed by atoms with van der Waals surface area (Å²) in [7, 11) is 0. The maximum Gasteiger partial charge on any atom is 0.303 e. The molecule has 0 saturated carbocycles. The van der Waals surface area contributed by atoms with Crippen molar-refractivity contribution in [3.63, 3.8) is 0 Å². The standard InChI is InChI=1S/C18H36O2.3Al.9H/c1-2-3-4-5-6-7-8-9-10-11-12-13-14-15-16-17-18(19)20;;;;;;;;;;;;/h2-17H2,1H3,(H,19,20);;;;;;;;;;;;. The van der Waals surface area contributed by atoms with Gasteiger partial charge in [-0.2, -0.15) is 0 Å².